The van der Waals surface area contributed by atoms with Gasteiger partial charge < -0.3 is 4.74 Å². The highest BCUT2D eigenvalue weighted by molar-refractivity contribution is 5.36. The van der Waals surface area contributed by atoms with Gasteiger partial charge in [0.05, 0.1) is 29.1 Å². The number of non-ortho nitro benzene ring substituents is 1. The first kappa shape index (κ1) is 12.5. The molecular weight excluding hydrogens is 239 g/mol. The lowest BCUT2D eigenvalue weighted by atomic mass is 9.82. The third-order valence-corrected chi connectivity index (χ3v) is 3.04. The number of rotatable bonds is 3. The Balaban J connectivity index is 2.29. The van der Waals surface area contributed by atoms with Crippen molar-refractivity contribution in [1.29, 1.82) is 5.26 Å². The molecule has 1 aromatic rings. The average Bonchev–Trinajstić information content (AvgIpc) is 2.77. The minimum Gasteiger partial charge on any atom is -0.380 e. The van der Waals surface area contributed by atoms with E-state index in [4.69, 9.17) is 10.00 Å². The number of halogens is 1. The number of benzene rings is 1. The molecule has 2 rings (SSSR count). The molecule has 94 valence electrons. The summed E-state index contributed by atoms with van der Waals surface area (Å²) in [6.45, 7) is 0.777. The summed E-state index contributed by atoms with van der Waals surface area (Å²) in [5.41, 5.74) is -0.535. The summed E-state index contributed by atoms with van der Waals surface area (Å²) in [6, 6.07) is 5.58. The lowest BCUT2D eigenvalue weighted by molar-refractivity contribution is -0.385. The Morgan fingerprint density at radius 1 is 1.56 bits per heavy atom. The maximum atomic E-state index is 13.3. The van der Waals surface area contributed by atoms with E-state index < -0.39 is 16.2 Å². The SMILES string of the molecule is N#CC1(Cc2cc(F)cc([N+](=O)[O-])c2)CCOC1. The van der Waals surface area contributed by atoms with Gasteiger partial charge in [-0.2, -0.15) is 5.26 Å². The normalized spacial score (nSPS) is 22.7. The van der Waals surface area contributed by atoms with Crippen LogP contribution in [0.15, 0.2) is 18.2 Å². The smallest absolute Gasteiger partial charge is 0.272 e. The van der Waals surface area contributed by atoms with Gasteiger partial charge in [0.25, 0.3) is 5.69 Å². The van der Waals surface area contributed by atoms with Crippen LogP contribution in [0.4, 0.5) is 10.1 Å². The Morgan fingerprint density at radius 2 is 2.33 bits per heavy atom. The van der Waals surface area contributed by atoms with Gasteiger partial charge in [-0.1, -0.05) is 0 Å². The van der Waals surface area contributed by atoms with Gasteiger partial charge in [0.15, 0.2) is 0 Å². The molecule has 0 N–H and O–H groups in total. The summed E-state index contributed by atoms with van der Waals surface area (Å²) in [5.74, 6) is -0.661. The van der Waals surface area contributed by atoms with Crippen LogP contribution in [0.5, 0.6) is 0 Å². The van der Waals surface area contributed by atoms with Crippen molar-refractivity contribution < 1.29 is 14.1 Å². The van der Waals surface area contributed by atoms with Crippen LogP contribution in [0.1, 0.15) is 12.0 Å². The molecule has 18 heavy (non-hydrogen) atoms. The fourth-order valence-corrected chi connectivity index (χ4v) is 2.11. The van der Waals surface area contributed by atoms with Crippen LogP contribution < -0.4 is 0 Å². The molecule has 1 atom stereocenters. The van der Waals surface area contributed by atoms with Crippen LogP contribution in [-0.4, -0.2) is 18.1 Å². The highest BCUT2D eigenvalue weighted by atomic mass is 19.1. The minimum atomic E-state index is -0.693. The Hall–Kier alpha value is -2.00. The van der Waals surface area contributed by atoms with Crippen LogP contribution in [0.25, 0.3) is 0 Å². The Bertz CT molecular complexity index is 519. The second kappa shape index (κ2) is 4.70. The molecule has 0 aromatic heterocycles. The van der Waals surface area contributed by atoms with Crippen LogP contribution in [0.3, 0.4) is 0 Å². The van der Waals surface area contributed by atoms with Crippen LogP contribution >= 0.6 is 0 Å². The molecule has 0 aliphatic carbocycles. The third kappa shape index (κ3) is 2.46. The van der Waals surface area contributed by atoms with E-state index in [1.54, 1.807) is 0 Å². The van der Waals surface area contributed by atoms with Crippen LogP contribution in [0, 0.1) is 32.7 Å². The molecule has 1 unspecified atom stereocenters. The summed E-state index contributed by atoms with van der Waals surface area (Å²) < 4.78 is 18.5. The van der Waals surface area contributed by atoms with Crippen molar-refractivity contribution in [3.63, 3.8) is 0 Å². The summed E-state index contributed by atoms with van der Waals surface area (Å²) in [4.78, 5) is 10.00. The number of nitriles is 1. The van der Waals surface area contributed by atoms with Crippen molar-refractivity contribution in [3.05, 3.63) is 39.7 Å². The van der Waals surface area contributed by atoms with E-state index in [1.807, 2.05) is 0 Å². The molecule has 0 spiro atoms. The van der Waals surface area contributed by atoms with E-state index in [-0.39, 0.29) is 18.7 Å². The number of hydrogen-bond donors (Lipinski definition) is 0. The fraction of sp³-hybridized carbons (Fsp3) is 0.417. The molecule has 1 aromatic carbocycles. The zero-order valence-corrected chi connectivity index (χ0v) is 9.56. The highest BCUT2D eigenvalue weighted by Crippen LogP contribution is 2.33. The van der Waals surface area contributed by atoms with Gasteiger partial charge in [0.1, 0.15) is 5.82 Å². The van der Waals surface area contributed by atoms with Gasteiger partial charge in [-0.3, -0.25) is 10.1 Å². The molecule has 1 saturated heterocycles. The molecule has 6 heteroatoms. The van der Waals surface area contributed by atoms with Gasteiger partial charge in [0.2, 0.25) is 0 Å². The van der Waals surface area contributed by atoms with E-state index >= 15 is 0 Å². The summed E-state index contributed by atoms with van der Waals surface area (Å²) in [7, 11) is 0. The summed E-state index contributed by atoms with van der Waals surface area (Å²) in [5, 5.41) is 19.8. The van der Waals surface area contributed by atoms with Gasteiger partial charge >= 0.3 is 0 Å². The van der Waals surface area contributed by atoms with Crippen molar-refractivity contribution in [2.24, 2.45) is 5.41 Å². The van der Waals surface area contributed by atoms with Crippen molar-refractivity contribution >= 4 is 5.69 Å². The number of hydrogen-bond acceptors (Lipinski definition) is 4. The van der Waals surface area contributed by atoms with Crippen molar-refractivity contribution in [2.45, 2.75) is 12.8 Å². The molecule has 0 bridgehead atoms. The molecule has 1 aliphatic heterocycles. The molecule has 0 radical (unpaired) electrons. The first-order valence-electron chi connectivity index (χ1n) is 5.47. The molecule has 5 nitrogen and oxygen atoms in total. The third-order valence-electron chi connectivity index (χ3n) is 3.04. The number of nitro benzene ring substituents is 1. The number of nitrogens with zero attached hydrogens (tertiary/aromatic N) is 2. The van der Waals surface area contributed by atoms with E-state index in [0.717, 1.165) is 6.07 Å². The topological polar surface area (TPSA) is 76.2 Å². The van der Waals surface area contributed by atoms with E-state index in [0.29, 0.717) is 18.6 Å². The molecule has 0 amide bonds. The van der Waals surface area contributed by atoms with Crippen molar-refractivity contribution in [2.75, 3.05) is 13.2 Å². The van der Waals surface area contributed by atoms with E-state index in [2.05, 4.69) is 6.07 Å². The maximum absolute atomic E-state index is 13.3. The zero-order valence-electron chi connectivity index (χ0n) is 9.56. The molecule has 0 saturated carbocycles. The molecular formula is C12H11FN2O3. The van der Waals surface area contributed by atoms with Gasteiger partial charge in [-0.15, -0.1) is 0 Å². The Morgan fingerprint density at radius 3 is 2.89 bits per heavy atom. The summed E-state index contributed by atoms with van der Waals surface area (Å²) >= 11 is 0. The lowest BCUT2D eigenvalue weighted by Gasteiger charge is -2.17. The lowest BCUT2D eigenvalue weighted by Crippen LogP contribution is -2.21. The summed E-state index contributed by atoms with van der Waals surface area (Å²) in [6.07, 6.45) is 0.829. The number of nitro groups is 1. The number of ether oxygens (including phenoxy) is 1. The average molecular weight is 250 g/mol. The zero-order chi connectivity index (χ0) is 13.2. The second-order valence-corrected chi connectivity index (χ2v) is 4.45. The fourth-order valence-electron chi connectivity index (χ4n) is 2.11. The van der Waals surface area contributed by atoms with Crippen molar-refractivity contribution in [1.82, 2.24) is 0 Å². The van der Waals surface area contributed by atoms with Gasteiger partial charge in [-0.05, 0) is 24.5 Å². The Labute approximate surface area is 103 Å². The maximum Gasteiger partial charge on any atom is 0.272 e. The first-order valence-corrected chi connectivity index (χ1v) is 5.47. The van der Waals surface area contributed by atoms with Crippen LogP contribution in [-0.2, 0) is 11.2 Å². The Kier molecular flexibility index (Phi) is 3.26. The standard InChI is InChI=1S/C12H11FN2O3/c13-10-3-9(4-11(5-10)15(16)17)6-12(7-14)1-2-18-8-12/h3-5H,1-2,6,8H2. The minimum absolute atomic E-state index is 0.266. The molecule has 1 aliphatic rings. The second-order valence-electron chi connectivity index (χ2n) is 4.45. The van der Waals surface area contributed by atoms with Gasteiger partial charge in [0, 0.05) is 12.7 Å². The van der Waals surface area contributed by atoms with E-state index in [9.17, 15) is 14.5 Å². The quantitative estimate of drug-likeness (QED) is 0.608. The molecule has 1 heterocycles. The first-order chi connectivity index (χ1) is 8.54. The monoisotopic (exact) mass is 250 g/mol. The van der Waals surface area contributed by atoms with Gasteiger partial charge in [-0.25, -0.2) is 4.39 Å². The largest absolute Gasteiger partial charge is 0.380 e. The van der Waals surface area contributed by atoms with E-state index in [1.165, 1.54) is 12.1 Å². The molecule has 1 fully saturated rings. The van der Waals surface area contributed by atoms with Crippen LogP contribution in [0.2, 0.25) is 0 Å². The predicted octanol–water partition coefficient (Wildman–Crippen LogP) is 2.21. The van der Waals surface area contributed by atoms with Crippen molar-refractivity contribution in [3.8, 4) is 6.07 Å². The predicted molar refractivity (Wildman–Crippen MR) is 60.2 cm³/mol. The highest BCUT2D eigenvalue weighted by Gasteiger charge is 2.35.